The zero-order valence-electron chi connectivity index (χ0n) is 11.9. The van der Waals surface area contributed by atoms with Crippen LogP contribution in [0, 0.1) is 0 Å². The van der Waals surface area contributed by atoms with Gasteiger partial charge in [-0.15, -0.1) is 0 Å². The minimum Gasteiger partial charge on any atom is -0.437 e. The molecule has 4 nitrogen and oxygen atoms in total. The van der Waals surface area contributed by atoms with Gasteiger partial charge in [0, 0.05) is 11.8 Å². The summed E-state index contributed by atoms with van der Waals surface area (Å²) in [5, 5.41) is 12.5. The van der Waals surface area contributed by atoms with E-state index in [4.69, 9.17) is 4.52 Å². The van der Waals surface area contributed by atoms with Crippen molar-refractivity contribution in [3.8, 4) is 0 Å². The van der Waals surface area contributed by atoms with Crippen molar-refractivity contribution in [1.82, 2.24) is 5.23 Å². The van der Waals surface area contributed by atoms with Gasteiger partial charge in [-0.3, -0.25) is 4.57 Å². The van der Waals surface area contributed by atoms with E-state index in [0.717, 1.165) is 32.1 Å². The molecule has 0 heterocycles. The molecule has 0 aromatic carbocycles. The molecule has 3 atom stereocenters. The van der Waals surface area contributed by atoms with Crippen LogP contribution in [0.4, 0.5) is 0 Å². The van der Waals surface area contributed by atoms with E-state index in [1.807, 2.05) is 6.92 Å². The first-order valence-corrected chi connectivity index (χ1v) is 9.07. The molecule has 18 heavy (non-hydrogen) atoms. The van der Waals surface area contributed by atoms with Crippen LogP contribution < -0.4 is 5.23 Å². The van der Waals surface area contributed by atoms with Crippen molar-refractivity contribution in [3.05, 3.63) is 0 Å². The van der Waals surface area contributed by atoms with Gasteiger partial charge in [0.05, 0.1) is 6.61 Å². The molecule has 0 aromatic heterocycles. The highest BCUT2D eigenvalue weighted by Crippen LogP contribution is 2.57. The Kier molecular flexibility index (Phi) is 6.93. The Balaban J connectivity index is 2.57. The van der Waals surface area contributed by atoms with Crippen molar-refractivity contribution in [3.63, 3.8) is 0 Å². The van der Waals surface area contributed by atoms with E-state index in [1.165, 1.54) is 0 Å². The molecule has 0 bridgehead atoms. The summed E-state index contributed by atoms with van der Waals surface area (Å²) in [6.45, 7) is 6.29. The van der Waals surface area contributed by atoms with Crippen LogP contribution in [0.2, 0.25) is 6.82 Å². The third kappa shape index (κ3) is 4.69. The quantitative estimate of drug-likeness (QED) is 0.528. The Bertz CT molecular complexity index is 288. The van der Waals surface area contributed by atoms with Crippen LogP contribution in [-0.4, -0.2) is 36.5 Å². The SMILES string of the molecule is CCCCP(=O)(OCC)[C@H]1CC[C@@H](NB(C)O)C1. The average molecular weight is 275 g/mol. The molecular weight excluding hydrogens is 248 g/mol. The third-order valence-corrected chi connectivity index (χ3v) is 6.83. The molecule has 1 fully saturated rings. The zero-order chi connectivity index (χ0) is 13.6. The van der Waals surface area contributed by atoms with E-state index in [0.29, 0.717) is 12.8 Å². The summed E-state index contributed by atoms with van der Waals surface area (Å²) in [6.07, 6.45) is 5.54. The van der Waals surface area contributed by atoms with E-state index in [9.17, 15) is 9.59 Å². The van der Waals surface area contributed by atoms with E-state index >= 15 is 0 Å². The maximum absolute atomic E-state index is 12.9. The summed E-state index contributed by atoms with van der Waals surface area (Å²) < 4.78 is 18.5. The molecule has 1 rings (SSSR count). The van der Waals surface area contributed by atoms with E-state index in [2.05, 4.69) is 12.2 Å². The van der Waals surface area contributed by atoms with Crippen molar-refractivity contribution < 1.29 is 14.1 Å². The molecule has 1 aliphatic rings. The maximum atomic E-state index is 12.9. The molecule has 6 heteroatoms. The monoisotopic (exact) mass is 275 g/mol. The fraction of sp³-hybridized carbons (Fsp3) is 1.00. The highest BCUT2D eigenvalue weighted by Gasteiger charge is 2.39. The van der Waals surface area contributed by atoms with Gasteiger partial charge < -0.3 is 14.8 Å². The van der Waals surface area contributed by atoms with Crippen LogP contribution in [0.15, 0.2) is 0 Å². The van der Waals surface area contributed by atoms with Gasteiger partial charge in [-0.2, -0.15) is 0 Å². The summed E-state index contributed by atoms with van der Waals surface area (Å²) in [7, 11) is -2.98. The molecule has 106 valence electrons. The molecule has 1 saturated carbocycles. The minimum absolute atomic E-state index is 0.181. The van der Waals surface area contributed by atoms with E-state index in [1.54, 1.807) is 6.82 Å². The fourth-order valence-electron chi connectivity index (χ4n) is 2.76. The summed E-state index contributed by atoms with van der Waals surface area (Å²) in [5.74, 6) is 0. The normalized spacial score (nSPS) is 27.1. The van der Waals surface area contributed by atoms with Crippen molar-refractivity contribution in [1.29, 1.82) is 0 Å². The Morgan fingerprint density at radius 2 is 2.17 bits per heavy atom. The second kappa shape index (κ2) is 7.69. The van der Waals surface area contributed by atoms with E-state index < -0.39 is 14.4 Å². The van der Waals surface area contributed by atoms with Crippen LogP contribution >= 0.6 is 7.37 Å². The molecular formula is C12H27BNO3P. The lowest BCUT2D eigenvalue weighted by Gasteiger charge is -2.24. The summed E-state index contributed by atoms with van der Waals surface area (Å²) in [5.41, 5.74) is 0.181. The molecule has 1 aliphatic carbocycles. The number of hydrogen-bond donors (Lipinski definition) is 2. The molecule has 0 spiro atoms. The Hall–Kier alpha value is 0.175. The van der Waals surface area contributed by atoms with Gasteiger partial charge in [0.2, 0.25) is 7.37 Å². The smallest absolute Gasteiger partial charge is 0.373 e. The molecule has 0 saturated heterocycles. The lowest BCUT2D eigenvalue weighted by Crippen LogP contribution is -2.38. The van der Waals surface area contributed by atoms with Gasteiger partial charge in [-0.05, 0) is 45.5 Å². The largest absolute Gasteiger partial charge is 0.437 e. The Labute approximate surface area is 111 Å². The average Bonchev–Trinajstić information content (AvgIpc) is 2.75. The lowest BCUT2D eigenvalue weighted by atomic mass is 9.87. The summed E-state index contributed by atoms with van der Waals surface area (Å²) in [6, 6.07) is 0.283. The predicted octanol–water partition coefficient (Wildman–Crippen LogP) is 2.72. The molecule has 0 amide bonds. The Morgan fingerprint density at radius 3 is 2.72 bits per heavy atom. The van der Waals surface area contributed by atoms with Crippen molar-refractivity contribution in [2.45, 2.75) is 64.5 Å². The molecule has 0 radical (unpaired) electrons. The summed E-state index contributed by atoms with van der Waals surface area (Å²) >= 11 is 0. The second-order valence-electron chi connectivity index (χ2n) is 5.23. The standard InChI is InChI=1S/C12H27BNO3P/c1-4-6-9-18(16,17-5-2)12-8-7-11(10-12)14-13(3)15/h11-12,14-15H,4-10H2,1-3H3/t11-,12+,18?/m1/s1. The van der Waals surface area contributed by atoms with Gasteiger partial charge >= 0.3 is 7.05 Å². The number of unbranched alkanes of at least 4 members (excludes halogenated alkanes) is 1. The number of hydrogen-bond acceptors (Lipinski definition) is 4. The highest BCUT2D eigenvalue weighted by molar-refractivity contribution is 7.59. The molecule has 0 aliphatic heterocycles. The van der Waals surface area contributed by atoms with Gasteiger partial charge in [0.15, 0.2) is 0 Å². The first-order chi connectivity index (χ1) is 8.51. The van der Waals surface area contributed by atoms with Crippen LogP contribution in [0.5, 0.6) is 0 Å². The first kappa shape index (κ1) is 16.2. The van der Waals surface area contributed by atoms with Gasteiger partial charge in [0.1, 0.15) is 0 Å². The predicted molar refractivity (Wildman–Crippen MR) is 77.4 cm³/mol. The van der Waals surface area contributed by atoms with Crippen LogP contribution in [0.3, 0.4) is 0 Å². The van der Waals surface area contributed by atoms with Crippen molar-refractivity contribution in [2.24, 2.45) is 0 Å². The summed E-state index contributed by atoms with van der Waals surface area (Å²) in [4.78, 5) is 0. The van der Waals surface area contributed by atoms with Gasteiger partial charge in [-0.1, -0.05) is 13.3 Å². The molecule has 0 aromatic rings. The van der Waals surface area contributed by atoms with Crippen LogP contribution in [-0.2, 0) is 9.09 Å². The lowest BCUT2D eigenvalue weighted by molar-refractivity contribution is 0.323. The first-order valence-electron chi connectivity index (χ1n) is 7.19. The number of nitrogens with one attached hydrogen (secondary N) is 1. The molecule has 2 N–H and O–H groups in total. The fourth-order valence-corrected chi connectivity index (χ4v) is 5.77. The van der Waals surface area contributed by atoms with Gasteiger partial charge in [-0.25, -0.2) is 0 Å². The van der Waals surface area contributed by atoms with Gasteiger partial charge in [0.25, 0.3) is 0 Å². The van der Waals surface area contributed by atoms with Crippen molar-refractivity contribution >= 4 is 14.4 Å². The Morgan fingerprint density at radius 1 is 1.44 bits per heavy atom. The highest BCUT2D eigenvalue weighted by atomic mass is 31.2. The third-order valence-electron chi connectivity index (χ3n) is 3.61. The molecule has 1 unspecified atom stereocenters. The van der Waals surface area contributed by atoms with E-state index in [-0.39, 0.29) is 11.7 Å². The second-order valence-corrected chi connectivity index (χ2v) is 8.12. The van der Waals surface area contributed by atoms with Crippen molar-refractivity contribution in [2.75, 3.05) is 12.8 Å². The zero-order valence-corrected chi connectivity index (χ0v) is 12.8. The topological polar surface area (TPSA) is 58.6 Å². The van der Waals surface area contributed by atoms with Crippen LogP contribution in [0.1, 0.15) is 46.0 Å². The minimum atomic E-state index is -2.49. The number of rotatable bonds is 8. The van der Waals surface area contributed by atoms with Crippen LogP contribution in [0.25, 0.3) is 0 Å². The maximum Gasteiger partial charge on any atom is 0.373 e.